The molecule has 12 heteroatoms. The molecule has 0 bridgehead atoms. The fraction of sp³-hybridized carbons (Fsp3) is 0.409. The number of anilines is 1. The number of piperidine rings is 1. The highest BCUT2D eigenvalue weighted by Crippen LogP contribution is 2.32. The van der Waals surface area contributed by atoms with Crippen LogP contribution in [0.4, 0.5) is 6.01 Å². The molecule has 0 saturated carbocycles. The van der Waals surface area contributed by atoms with Gasteiger partial charge in [-0.2, -0.15) is 10.1 Å². The molecule has 11 nitrogen and oxygen atoms in total. The first-order chi connectivity index (χ1) is 16.3. The quantitative estimate of drug-likeness (QED) is 0.402. The summed E-state index contributed by atoms with van der Waals surface area (Å²) in [4.78, 5) is 15.5. The summed E-state index contributed by atoms with van der Waals surface area (Å²) >= 11 is 0. The van der Waals surface area contributed by atoms with Crippen molar-refractivity contribution in [3.05, 3.63) is 42.6 Å². The van der Waals surface area contributed by atoms with Crippen LogP contribution in [-0.2, 0) is 9.84 Å². The van der Waals surface area contributed by atoms with E-state index in [2.05, 4.69) is 30.1 Å². The molecule has 3 aromatic heterocycles. The fourth-order valence-corrected chi connectivity index (χ4v) is 4.58. The van der Waals surface area contributed by atoms with Gasteiger partial charge in [0.1, 0.15) is 17.5 Å². The zero-order valence-corrected chi connectivity index (χ0v) is 19.9. The van der Waals surface area contributed by atoms with Gasteiger partial charge < -0.3 is 14.2 Å². The Morgan fingerprint density at radius 1 is 1.12 bits per heavy atom. The van der Waals surface area contributed by atoms with Crippen molar-refractivity contribution in [3.63, 3.8) is 0 Å². The molecule has 0 amide bonds. The molecule has 1 aliphatic heterocycles. The van der Waals surface area contributed by atoms with E-state index in [-0.39, 0.29) is 16.9 Å². The maximum absolute atomic E-state index is 11.7. The number of nitrogens with zero attached hydrogens (tertiary/aromatic N) is 7. The van der Waals surface area contributed by atoms with Crippen molar-refractivity contribution >= 4 is 26.9 Å². The predicted octanol–water partition coefficient (Wildman–Crippen LogP) is 3.37. The van der Waals surface area contributed by atoms with Crippen LogP contribution in [0.3, 0.4) is 0 Å². The first-order valence-electron chi connectivity index (χ1n) is 11.0. The second-order valence-electron chi connectivity index (χ2n) is 8.66. The Bertz CT molecular complexity index is 1400. The van der Waals surface area contributed by atoms with Gasteiger partial charge in [0.05, 0.1) is 17.1 Å². The van der Waals surface area contributed by atoms with Gasteiger partial charge in [-0.25, -0.2) is 23.1 Å². The van der Waals surface area contributed by atoms with Crippen LogP contribution in [0.5, 0.6) is 11.6 Å². The largest absolute Gasteiger partial charge is 0.438 e. The van der Waals surface area contributed by atoms with E-state index in [1.54, 1.807) is 18.3 Å². The Balaban J connectivity index is 1.31. The minimum absolute atomic E-state index is 0.165. The van der Waals surface area contributed by atoms with E-state index in [0.717, 1.165) is 25.9 Å². The second-order valence-corrected chi connectivity index (χ2v) is 10.7. The maximum Gasteiger partial charge on any atom is 0.324 e. The molecule has 1 aromatic carbocycles. The summed E-state index contributed by atoms with van der Waals surface area (Å²) in [5.41, 5.74) is 0.691. The van der Waals surface area contributed by atoms with Crippen molar-refractivity contribution < 1.29 is 17.7 Å². The summed E-state index contributed by atoms with van der Waals surface area (Å²) in [6.45, 7) is 5.61. The number of fused-ring (bicyclic) bond motifs is 1. The maximum atomic E-state index is 11.7. The molecule has 178 valence electrons. The molecule has 4 heterocycles. The molecule has 0 spiro atoms. The third-order valence-electron chi connectivity index (χ3n) is 5.85. The summed E-state index contributed by atoms with van der Waals surface area (Å²) in [5, 5.41) is 9.32. The van der Waals surface area contributed by atoms with E-state index in [1.165, 1.54) is 24.7 Å². The third-order valence-corrected chi connectivity index (χ3v) is 6.98. The molecule has 0 aliphatic carbocycles. The van der Waals surface area contributed by atoms with E-state index >= 15 is 0 Å². The Kier molecular flexibility index (Phi) is 5.68. The predicted molar refractivity (Wildman–Crippen MR) is 124 cm³/mol. The van der Waals surface area contributed by atoms with Gasteiger partial charge in [-0.15, -0.1) is 0 Å². The van der Waals surface area contributed by atoms with Crippen LogP contribution < -0.4 is 9.64 Å². The third kappa shape index (κ3) is 4.32. The van der Waals surface area contributed by atoms with E-state index in [0.29, 0.717) is 34.5 Å². The van der Waals surface area contributed by atoms with Crippen LogP contribution in [0.15, 0.2) is 46.2 Å². The minimum atomic E-state index is -3.27. The van der Waals surface area contributed by atoms with Gasteiger partial charge >= 0.3 is 6.01 Å². The average Bonchev–Trinajstić information content (AvgIpc) is 3.48. The SMILES string of the molecule is CC(C)c1noc(N2CCC(n3ncc4c(Oc5ccc(S(C)(=O)=O)cc5)ncnc43)CC2)n1. The summed E-state index contributed by atoms with van der Waals surface area (Å²) in [5.74, 6) is 1.78. The van der Waals surface area contributed by atoms with Gasteiger partial charge in [0.15, 0.2) is 21.3 Å². The molecule has 0 unspecified atom stereocenters. The second kappa shape index (κ2) is 8.67. The molecule has 34 heavy (non-hydrogen) atoms. The summed E-state index contributed by atoms with van der Waals surface area (Å²) in [7, 11) is -3.27. The molecule has 1 saturated heterocycles. The lowest BCUT2D eigenvalue weighted by atomic mass is 10.1. The van der Waals surface area contributed by atoms with Crippen LogP contribution in [0.1, 0.15) is 44.5 Å². The Morgan fingerprint density at radius 3 is 2.50 bits per heavy atom. The molecule has 0 radical (unpaired) electrons. The highest BCUT2D eigenvalue weighted by Gasteiger charge is 2.27. The number of sulfone groups is 1. The lowest BCUT2D eigenvalue weighted by Crippen LogP contribution is -2.35. The number of aromatic nitrogens is 6. The summed E-state index contributed by atoms with van der Waals surface area (Å²) < 4.78 is 36.6. The van der Waals surface area contributed by atoms with Gasteiger partial charge in [0, 0.05) is 25.3 Å². The first kappa shape index (κ1) is 22.3. The van der Waals surface area contributed by atoms with Gasteiger partial charge in [-0.3, -0.25) is 0 Å². The van der Waals surface area contributed by atoms with Gasteiger partial charge in [0.2, 0.25) is 5.88 Å². The molecule has 1 aliphatic rings. The monoisotopic (exact) mass is 483 g/mol. The van der Waals surface area contributed by atoms with Crippen LogP contribution in [0.2, 0.25) is 0 Å². The van der Waals surface area contributed by atoms with Gasteiger partial charge in [0.25, 0.3) is 0 Å². The van der Waals surface area contributed by atoms with Crippen LogP contribution in [0.25, 0.3) is 11.0 Å². The van der Waals surface area contributed by atoms with Crippen molar-refractivity contribution in [1.82, 2.24) is 29.9 Å². The molecule has 5 rings (SSSR count). The topological polar surface area (TPSA) is 129 Å². The van der Waals surface area contributed by atoms with Crippen molar-refractivity contribution in [2.24, 2.45) is 0 Å². The van der Waals surface area contributed by atoms with E-state index < -0.39 is 9.84 Å². The Hall–Kier alpha value is -3.54. The first-order valence-corrected chi connectivity index (χ1v) is 12.9. The van der Waals surface area contributed by atoms with Gasteiger partial charge in [-0.1, -0.05) is 19.0 Å². The summed E-state index contributed by atoms with van der Waals surface area (Å²) in [6.07, 6.45) is 6.02. The standard InChI is InChI=1S/C22H25N7O4S/c1-14(2)19-26-22(33-27-19)28-10-8-15(9-11-28)29-20-18(12-25-29)21(24-13-23-20)32-16-4-6-17(7-5-16)34(3,30)31/h4-7,12-15H,8-11H2,1-3H3. The molecule has 1 fully saturated rings. The molecule has 4 aromatic rings. The zero-order chi connectivity index (χ0) is 23.9. The van der Waals surface area contributed by atoms with Crippen molar-refractivity contribution in [2.75, 3.05) is 24.2 Å². The number of rotatable bonds is 6. The Labute approximate surface area is 196 Å². The van der Waals surface area contributed by atoms with Crippen LogP contribution in [-0.4, -0.2) is 57.7 Å². The smallest absolute Gasteiger partial charge is 0.324 e. The number of hydrogen-bond donors (Lipinski definition) is 0. The van der Waals surface area contributed by atoms with Crippen LogP contribution in [0, 0.1) is 0 Å². The highest BCUT2D eigenvalue weighted by molar-refractivity contribution is 7.90. The van der Waals surface area contributed by atoms with E-state index in [4.69, 9.17) is 9.26 Å². The molecule has 0 N–H and O–H groups in total. The molecular weight excluding hydrogens is 458 g/mol. The molecule has 0 atom stereocenters. The fourth-order valence-electron chi connectivity index (χ4n) is 3.95. The average molecular weight is 484 g/mol. The summed E-state index contributed by atoms with van der Waals surface area (Å²) in [6, 6.07) is 6.95. The Morgan fingerprint density at radius 2 is 1.85 bits per heavy atom. The number of hydrogen-bond acceptors (Lipinski definition) is 10. The normalized spacial score (nSPS) is 15.4. The molecular formula is C22H25N7O4S. The number of benzene rings is 1. The number of ether oxygens (including phenoxy) is 1. The van der Waals surface area contributed by atoms with Gasteiger partial charge in [-0.05, 0) is 37.1 Å². The lowest BCUT2D eigenvalue weighted by molar-refractivity contribution is 0.346. The van der Waals surface area contributed by atoms with Crippen molar-refractivity contribution in [1.29, 1.82) is 0 Å². The van der Waals surface area contributed by atoms with E-state index in [1.807, 2.05) is 18.5 Å². The van der Waals surface area contributed by atoms with Crippen molar-refractivity contribution in [3.8, 4) is 11.6 Å². The van der Waals surface area contributed by atoms with E-state index in [9.17, 15) is 8.42 Å². The van der Waals surface area contributed by atoms with Crippen molar-refractivity contribution in [2.45, 2.75) is 43.5 Å². The minimum Gasteiger partial charge on any atom is -0.438 e. The highest BCUT2D eigenvalue weighted by atomic mass is 32.2. The van der Waals surface area contributed by atoms with Crippen LogP contribution >= 0.6 is 0 Å². The zero-order valence-electron chi connectivity index (χ0n) is 19.1. The lowest BCUT2D eigenvalue weighted by Gasteiger charge is -2.30.